The van der Waals surface area contributed by atoms with Crippen LogP contribution in [-0.4, -0.2) is 36.1 Å². The molecule has 0 amide bonds. The minimum Gasteiger partial charge on any atom is -0.469 e. The van der Waals surface area contributed by atoms with Crippen LogP contribution in [0.3, 0.4) is 0 Å². The Morgan fingerprint density at radius 1 is 1.71 bits per heavy atom. The maximum Gasteiger partial charge on any atom is 0.309 e. The van der Waals surface area contributed by atoms with Crippen LogP contribution in [0, 0.1) is 12.8 Å². The van der Waals surface area contributed by atoms with E-state index in [1.54, 1.807) is 6.20 Å². The van der Waals surface area contributed by atoms with Crippen molar-refractivity contribution in [3.8, 4) is 0 Å². The van der Waals surface area contributed by atoms with E-state index in [1.807, 2.05) is 6.92 Å². The molecule has 5 heteroatoms. The van der Waals surface area contributed by atoms with E-state index in [4.69, 9.17) is 9.15 Å². The van der Waals surface area contributed by atoms with Gasteiger partial charge in [-0.3, -0.25) is 9.69 Å². The zero-order valence-electron chi connectivity index (χ0n) is 10.3. The number of oxazole rings is 1. The summed E-state index contributed by atoms with van der Waals surface area (Å²) < 4.78 is 10.2. The zero-order chi connectivity index (χ0) is 12.3. The molecule has 1 atom stereocenters. The van der Waals surface area contributed by atoms with E-state index in [0.29, 0.717) is 12.4 Å². The first-order valence-corrected chi connectivity index (χ1v) is 5.90. The molecule has 1 aromatic heterocycles. The van der Waals surface area contributed by atoms with Gasteiger partial charge in [-0.15, -0.1) is 0 Å². The summed E-state index contributed by atoms with van der Waals surface area (Å²) in [4.78, 5) is 17.8. The maximum absolute atomic E-state index is 11.5. The quantitative estimate of drug-likeness (QED) is 0.744. The molecule has 17 heavy (non-hydrogen) atoms. The summed E-state index contributed by atoms with van der Waals surface area (Å²) >= 11 is 0. The standard InChI is InChI=1S/C12H18N2O3/c1-9-6-13-11(17-9)8-14-5-3-4-10(7-14)12(15)16-2/h6,10H,3-5,7-8H2,1-2H3. The topological polar surface area (TPSA) is 55.6 Å². The van der Waals surface area contributed by atoms with E-state index < -0.39 is 0 Å². The molecule has 0 N–H and O–H groups in total. The molecule has 0 spiro atoms. The Morgan fingerprint density at radius 3 is 3.18 bits per heavy atom. The van der Waals surface area contributed by atoms with E-state index >= 15 is 0 Å². The van der Waals surface area contributed by atoms with Gasteiger partial charge in [0.2, 0.25) is 5.89 Å². The molecule has 0 aliphatic carbocycles. The lowest BCUT2D eigenvalue weighted by atomic mass is 9.98. The number of aromatic nitrogens is 1. The van der Waals surface area contributed by atoms with Gasteiger partial charge in [-0.2, -0.15) is 0 Å². The molecule has 0 saturated carbocycles. The van der Waals surface area contributed by atoms with Gasteiger partial charge < -0.3 is 9.15 Å². The Morgan fingerprint density at radius 2 is 2.53 bits per heavy atom. The second-order valence-electron chi connectivity index (χ2n) is 4.46. The summed E-state index contributed by atoms with van der Waals surface area (Å²) in [6.45, 7) is 4.26. The van der Waals surface area contributed by atoms with Crippen LogP contribution in [0.2, 0.25) is 0 Å². The SMILES string of the molecule is COC(=O)C1CCCN(Cc2ncc(C)o2)C1. The number of carbonyl (C=O) groups excluding carboxylic acids is 1. The highest BCUT2D eigenvalue weighted by Gasteiger charge is 2.26. The molecule has 94 valence electrons. The van der Waals surface area contributed by atoms with Gasteiger partial charge in [0.15, 0.2) is 0 Å². The number of likely N-dealkylation sites (tertiary alicyclic amines) is 1. The molecular formula is C12H18N2O3. The minimum absolute atomic E-state index is 0.00944. The fraction of sp³-hybridized carbons (Fsp3) is 0.667. The normalized spacial score (nSPS) is 21.4. The molecule has 1 aliphatic heterocycles. The molecule has 0 bridgehead atoms. The summed E-state index contributed by atoms with van der Waals surface area (Å²) in [5, 5.41) is 0. The fourth-order valence-corrected chi connectivity index (χ4v) is 2.22. The molecule has 1 unspecified atom stereocenters. The number of hydrogen-bond donors (Lipinski definition) is 0. The van der Waals surface area contributed by atoms with Crippen molar-refractivity contribution in [3.05, 3.63) is 17.8 Å². The predicted octanol–water partition coefficient (Wildman–Crippen LogP) is 1.37. The van der Waals surface area contributed by atoms with Gasteiger partial charge in [-0.05, 0) is 26.3 Å². The van der Waals surface area contributed by atoms with Crippen LogP contribution in [-0.2, 0) is 16.1 Å². The number of esters is 1. The van der Waals surface area contributed by atoms with Crippen molar-refractivity contribution in [2.75, 3.05) is 20.2 Å². The number of piperidine rings is 1. The van der Waals surface area contributed by atoms with Crippen LogP contribution in [0.25, 0.3) is 0 Å². The van der Waals surface area contributed by atoms with Crippen LogP contribution in [0.4, 0.5) is 0 Å². The molecular weight excluding hydrogens is 220 g/mol. The third kappa shape index (κ3) is 3.06. The van der Waals surface area contributed by atoms with Gasteiger partial charge in [0.1, 0.15) is 5.76 Å². The van der Waals surface area contributed by atoms with E-state index in [1.165, 1.54) is 7.11 Å². The van der Waals surface area contributed by atoms with Gasteiger partial charge in [-0.1, -0.05) is 0 Å². The highest BCUT2D eigenvalue weighted by molar-refractivity contribution is 5.72. The van der Waals surface area contributed by atoms with Gasteiger partial charge >= 0.3 is 5.97 Å². The van der Waals surface area contributed by atoms with Gasteiger partial charge in [0, 0.05) is 6.54 Å². The lowest BCUT2D eigenvalue weighted by Crippen LogP contribution is -2.38. The Hall–Kier alpha value is -1.36. The monoisotopic (exact) mass is 238 g/mol. The third-order valence-corrected chi connectivity index (χ3v) is 3.07. The van der Waals surface area contributed by atoms with E-state index in [9.17, 15) is 4.79 Å². The van der Waals surface area contributed by atoms with Crippen molar-refractivity contribution in [1.29, 1.82) is 0 Å². The van der Waals surface area contributed by atoms with Crippen molar-refractivity contribution < 1.29 is 13.9 Å². The van der Waals surface area contributed by atoms with Crippen LogP contribution < -0.4 is 0 Å². The predicted molar refractivity (Wildman–Crippen MR) is 61.3 cm³/mol. The van der Waals surface area contributed by atoms with Crippen LogP contribution in [0.1, 0.15) is 24.5 Å². The van der Waals surface area contributed by atoms with Crippen LogP contribution in [0.15, 0.2) is 10.6 Å². The molecule has 0 aromatic carbocycles. The van der Waals surface area contributed by atoms with Crippen molar-refractivity contribution in [1.82, 2.24) is 9.88 Å². The molecule has 5 nitrogen and oxygen atoms in total. The number of nitrogens with zero attached hydrogens (tertiary/aromatic N) is 2. The van der Waals surface area contributed by atoms with Crippen molar-refractivity contribution in [2.24, 2.45) is 5.92 Å². The molecule has 0 radical (unpaired) electrons. The second kappa shape index (κ2) is 5.31. The van der Waals surface area contributed by atoms with Crippen molar-refractivity contribution in [3.63, 3.8) is 0 Å². The largest absolute Gasteiger partial charge is 0.469 e. The summed E-state index contributed by atoms with van der Waals surface area (Å²) in [7, 11) is 1.44. The highest BCUT2D eigenvalue weighted by atomic mass is 16.5. The Bertz CT molecular complexity index is 389. The Labute approximate surface area is 101 Å². The zero-order valence-corrected chi connectivity index (χ0v) is 10.3. The second-order valence-corrected chi connectivity index (χ2v) is 4.46. The number of rotatable bonds is 3. The summed E-state index contributed by atoms with van der Waals surface area (Å²) in [5.41, 5.74) is 0. The first kappa shape index (κ1) is 12.1. The number of methoxy groups -OCH3 is 1. The Balaban J connectivity index is 1.91. The number of carbonyl (C=O) groups is 1. The summed E-state index contributed by atoms with van der Waals surface area (Å²) in [6, 6.07) is 0. The fourth-order valence-electron chi connectivity index (χ4n) is 2.22. The molecule has 2 heterocycles. The Kier molecular flexibility index (Phi) is 3.78. The highest BCUT2D eigenvalue weighted by Crippen LogP contribution is 2.19. The lowest BCUT2D eigenvalue weighted by Gasteiger charge is -2.30. The van der Waals surface area contributed by atoms with E-state index in [-0.39, 0.29) is 11.9 Å². The average molecular weight is 238 g/mol. The molecule has 1 fully saturated rings. The van der Waals surface area contributed by atoms with Gasteiger partial charge in [0.25, 0.3) is 0 Å². The summed E-state index contributed by atoms with van der Waals surface area (Å²) in [6.07, 6.45) is 3.64. The van der Waals surface area contributed by atoms with E-state index in [0.717, 1.165) is 31.7 Å². The van der Waals surface area contributed by atoms with Gasteiger partial charge in [-0.25, -0.2) is 4.98 Å². The molecule has 1 aliphatic rings. The number of ether oxygens (including phenoxy) is 1. The van der Waals surface area contributed by atoms with E-state index in [2.05, 4.69) is 9.88 Å². The molecule has 2 rings (SSSR count). The van der Waals surface area contributed by atoms with Crippen LogP contribution in [0.5, 0.6) is 0 Å². The molecule has 1 aromatic rings. The van der Waals surface area contributed by atoms with Crippen molar-refractivity contribution >= 4 is 5.97 Å². The first-order chi connectivity index (χ1) is 8.19. The molecule has 1 saturated heterocycles. The first-order valence-electron chi connectivity index (χ1n) is 5.90. The maximum atomic E-state index is 11.5. The smallest absolute Gasteiger partial charge is 0.309 e. The number of aryl methyl sites for hydroxylation is 1. The third-order valence-electron chi connectivity index (χ3n) is 3.07. The minimum atomic E-state index is -0.113. The number of hydrogen-bond acceptors (Lipinski definition) is 5. The average Bonchev–Trinajstić information content (AvgIpc) is 2.74. The van der Waals surface area contributed by atoms with Crippen molar-refractivity contribution in [2.45, 2.75) is 26.3 Å². The lowest BCUT2D eigenvalue weighted by molar-refractivity contribution is -0.147. The van der Waals surface area contributed by atoms with Crippen LogP contribution >= 0.6 is 0 Å². The summed E-state index contributed by atoms with van der Waals surface area (Å²) in [5.74, 6) is 1.41. The van der Waals surface area contributed by atoms with Gasteiger partial charge in [0.05, 0.1) is 25.8 Å².